The summed E-state index contributed by atoms with van der Waals surface area (Å²) >= 11 is 6.59. The van der Waals surface area contributed by atoms with Crippen LogP contribution in [0.3, 0.4) is 0 Å². The Labute approximate surface area is 227 Å². The number of ether oxygens (including phenoxy) is 4. The molecule has 0 saturated heterocycles. The third-order valence-electron chi connectivity index (χ3n) is 6.18. The SMILES string of the molecule is COc1cnc2c(-c3cc4c5c(cc(Cl)c4o3)O[C@@H](COC(=O)Nc3ccc(C)nc3)CO5)cc(C)cc2n1. The van der Waals surface area contributed by atoms with Gasteiger partial charge in [0.05, 0.1) is 46.6 Å². The lowest BCUT2D eigenvalue weighted by Gasteiger charge is -2.26. The predicted octanol–water partition coefficient (Wildman–Crippen LogP) is 6.11. The Morgan fingerprint density at radius 2 is 2.03 bits per heavy atom. The smallest absolute Gasteiger partial charge is 0.411 e. The number of carbonyl (C=O) groups is 1. The van der Waals surface area contributed by atoms with Crippen molar-refractivity contribution in [3.05, 3.63) is 65.1 Å². The van der Waals surface area contributed by atoms with Crippen molar-refractivity contribution in [1.82, 2.24) is 15.0 Å². The average molecular weight is 547 g/mol. The predicted molar refractivity (Wildman–Crippen MR) is 145 cm³/mol. The number of hydrogen-bond donors (Lipinski definition) is 1. The molecule has 5 aromatic rings. The molecule has 2 aromatic carbocycles. The van der Waals surface area contributed by atoms with Gasteiger partial charge in [-0.15, -0.1) is 0 Å². The third-order valence-corrected chi connectivity index (χ3v) is 6.46. The summed E-state index contributed by atoms with van der Waals surface area (Å²) in [5, 5.41) is 3.65. The third kappa shape index (κ3) is 4.86. The fourth-order valence-electron chi connectivity index (χ4n) is 4.36. The van der Waals surface area contributed by atoms with Gasteiger partial charge in [-0.3, -0.25) is 10.3 Å². The number of aromatic nitrogens is 3. The molecule has 3 aromatic heterocycles. The van der Waals surface area contributed by atoms with Crippen molar-refractivity contribution in [2.24, 2.45) is 0 Å². The number of nitrogens with zero attached hydrogens (tertiary/aromatic N) is 3. The Bertz CT molecular complexity index is 1720. The van der Waals surface area contributed by atoms with E-state index in [1.165, 1.54) is 0 Å². The van der Waals surface area contributed by atoms with E-state index in [-0.39, 0.29) is 13.2 Å². The maximum Gasteiger partial charge on any atom is 0.411 e. The first-order valence-electron chi connectivity index (χ1n) is 12.1. The molecule has 39 heavy (non-hydrogen) atoms. The van der Waals surface area contributed by atoms with Crippen LogP contribution < -0.4 is 19.5 Å². The molecule has 198 valence electrons. The minimum Gasteiger partial charge on any atom is -0.485 e. The van der Waals surface area contributed by atoms with E-state index < -0.39 is 12.2 Å². The van der Waals surface area contributed by atoms with Crippen LogP contribution in [-0.4, -0.2) is 47.5 Å². The van der Waals surface area contributed by atoms with Gasteiger partial charge in [0.25, 0.3) is 0 Å². The topological polar surface area (TPSA) is 118 Å². The molecular formula is C28H23ClN4O6. The van der Waals surface area contributed by atoms with Crippen molar-refractivity contribution in [3.63, 3.8) is 0 Å². The lowest BCUT2D eigenvalue weighted by atomic mass is 10.1. The van der Waals surface area contributed by atoms with Gasteiger partial charge >= 0.3 is 6.09 Å². The van der Waals surface area contributed by atoms with Gasteiger partial charge in [-0.2, -0.15) is 0 Å². The molecule has 0 unspecified atom stereocenters. The van der Waals surface area contributed by atoms with Gasteiger partial charge < -0.3 is 23.4 Å². The van der Waals surface area contributed by atoms with Crippen molar-refractivity contribution >= 4 is 45.4 Å². The van der Waals surface area contributed by atoms with E-state index in [1.807, 2.05) is 32.0 Å². The molecule has 0 bridgehead atoms. The molecule has 0 aliphatic carbocycles. The number of aryl methyl sites for hydroxylation is 2. The Morgan fingerprint density at radius 3 is 2.82 bits per heavy atom. The molecule has 1 aliphatic heterocycles. The van der Waals surface area contributed by atoms with Crippen molar-refractivity contribution in [2.45, 2.75) is 20.0 Å². The van der Waals surface area contributed by atoms with Crippen molar-refractivity contribution in [3.8, 4) is 28.7 Å². The van der Waals surface area contributed by atoms with Crippen LogP contribution in [0.4, 0.5) is 10.5 Å². The molecule has 1 N–H and O–H groups in total. The summed E-state index contributed by atoms with van der Waals surface area (Å²) in [5.74, 6) is 1.92. The van der Waals surface area contributed by atoms with Gasteiger partial charge in [0.15, 0.2) is 23.2 Å². The number of carbonyl (C=O) groups excluding carboxylic acids is 1. The normalized spacial score (nSPS) is 14.4. The number of halogens is 1. The van der Waals surface area contributed by atoms with Crippen molar-refractivity contribution in [1.29, 1.82) is 0 Å². The van der Waals surface area contributed by atoms with Crippen LogP contribution in [-0.2, 0) is 4.74 Å². The molecule has 1 amide bonds. The van der Waals surface area contributed by atoms with E-state index in [2.05, 4.69) is 20.3 Å². The Hall–Kier alpha value is -4.57. The zero-order valence-corrected chi connectivity index (χ0v) is 22.0. The highest BCUT2D eigenvalue weighted by molar-refractivity contribution is 6.35. The summed E-state index contributed by atoms with van der Waals surface area (Å²) in [6.45, 7) is 3.98. The van der Waals surface area contributed by atoms with E-state index in [9.17, 15) is 4.79 Å². The second kappa shape index (κ2) is 9.95. The Balaban J connectivity index is 1.24. The van der Waals surface area contributed by atoms with Crippen LogP contribution in [0.15, 0.2) is 53.2 Å². The summed E-state index contributed by atoms with van der Waals surface area (Å²) < 4.78 is 28.8. The van der Waals surface area contributed by atoms with E-state index in [0.717, 1.165) is 16.8 Å². The number of methoxy groups -OCH3 is 1. The van der Waals surface area contributed by atoms with E-state index in [4.69, 9.17) is 35.0 Å². The first kappa shape index (κ1) is 24.7. The number of fused-ring (bicyclic) bond motifs is 4. The molecule has 1 aliphatic rings. The van der Waals surface area contributed by atoms with E-state index in [1.54, 1.807) is 37.7 Å². The monoisotopic (exact) mass is 546 g/mol. The average Bonchev–Trinajstić information content (AvgIpc) is 3.38. The number of amides is 1. The van der Waals surface area contributed by atoms with Gasteiger partial charge in [-0.25, -0.2) is 14.8 Å². The fraction of sp³-hybridized carbons (Fsp3) is 0.214. The molecule has 0 saturated carbocycles. The van der Waals surface area contributed by atoms with Gasteiger partial charge in [-0.1, -0.05) is 11.6 Å². The maximum absolute atomic E-state index is 12.2. The van der Waals surface area contributed by atoms with Gasteiger partial charge in [0.2, 0.25) is 5.88 Å². The summed E-state index contributed by atoms with van der Waals surface area (Å²) in [6, 6.07) is 10.9. The van der Waals surface area contributed by atoms with Crippen molar-refractivity contribution < 1.29 is 28.2 Å². The van der Waals surface area contributed by atoms with Crippen LogP contribution in [0.2, 0.25) is 5.02 Å². The van der Waals surface area contributed by atoms with Crippen LogP contribution in [0.5, 0.6) is 17.4 Å². The van der Waals surface area contributed by atoms with Gasteiger partial charge in [0.1, 0.15) is 19.0 Å². The molecular weight excluding hydrogens is 524 g/mol. The quantitative estimate of drug-likeness (QED) is 0.278. The Kier molecular flexibility index (Phi) is 6.32. The van der Waals surface area contributed by atoms with Crippen LogP contribution in [0, 0.1) is 13.8 Å². The number of rotatable bonds is 5. The largest absolute Gasteiger partial charge is 0.485 e. The second-order valence-electron chi connectivity index (χ2n) is 9.09. The highest BCUT2D eigenvalue weighted by Crippen LogP contribution is 2.46. The number of furan rings is 1. The fourth-order valence-corrected chi connectivity index (χ4v) is 4.60. The number of anilines is 1. The highest BCUT2D eigenvalue weighted by atomic mass is 35.5. The van der Waals surface area contributed by atoms with E-state index in [0.29, 0.717) is 55.9 Å². The number of hydrogen-bond acceptors (Lipinski definition) is 9. The van der Waals surface area contributed by atoms with Gasteiger partial charge in [0, 0.05) is 17.3 Å². The molecule has 6 rings (SSSR count). The van der Waals surface area contributed by atoms with Crippen LogP contribution in [0.1, 0.15) is 11.3 Å². The first-order valence-corrected chi connectivity index (χ1v) is 12.5. The molecule has 0 fully saturated rings. The number of pyridine rings is 1. The summed E-state index contributed by atoms with van der Waals surface area (Å²) in [7, 11) is 1.55. The molecule has 4 heterocycles. The summed E-state index contributed by atoms with van der Waals surface area (Å²) in [4.78, 5) is 25.4. The highest BCUT2D eigenvalue weighted by Gasteiger charge is 2.28. The lowest BCUT2D eigenvalue weighted by molar-refractivity contribution is 0.0382. The van der Waals surface area contributed by atoms with Crippen LogP contribution in [0.25, 0.3) is 33.3 Å². The lowest BCUT2D eigenvalue weighted by Crippen LogP contribution is -2.35. The number of benzene rings is 2. The molecule has 1 atom stereocenters. The minimum atomic E-state index is -0.617. The second-order valence-corrected chi connectivity index (χ2v) is 9.50. The van der Waals surface area contributed by atoms with Gasteiger partial charge in [-0.05, 0) is 49.7 Å². The summed E-state index contributed by atoms with van der Waals surface area (Å²) in [5.41, 5.74) is 4.94. The zero-order valence-electron chi connectivity index (χ0n) is 21.3. The standard InChI is InChI=1S/C28H23ClN4O6/c1-14-6-18(25-21(7-14)33-24(35-3)11-31-25)22-8-19-26(39-22)20(29)9-23-27(19)36-12-17(38-23)13-37-28(34)32-16-5-4-15(2)30-10-16/h4-11,17H,12-13H2,1-3H3,(H,32,34)/t17-/m1/s1. The van der Waals surface area contributed by atoms with Crippen LogP contribution >= 0.6 is 11.6 Å². The van der Waals surface area contributed by atoms with E-state index >= 15 is 0 Å². The molecule has 0 radical (unpaired) electrons. The molecule has 10 nitrogen and oxygen atoms in total. The zero-order chi connectivity index (χ0) is 27.1. The number of nitrogens with one attached hydrogen (secondary N) is 1. The van der Waals surface area contributed by atoms with Crippen molar-refractivity contribution in [2.75, 3.05) is 25.6 Å². The first-order chi connectivity index (χ1) is 18.9. The maximum atomic E-state index is 12.2. The molecule has 11 heteroatoms. The Morgan fingerprint density at radius 1 is 1.15 bits per heavy atom. The summed E-state index contributed by atoms with van der Waals surface area (Å²) in [6.07, 6.45) is 1.98. The molecule has 0 spiro atoms. The minimum absolute atomic E-state index is 0.0196.